The molecule has 1 aliphatic rings. The van der Waals surface area contributed by atoms with Crippen LogP contribution in [-0.4, -0.2) is 29.4 Å². The lowest BCUT2D eigenvalue weighted by molar-refractivity contribution is 0.453. The zero-order valence-electron chi connectivity index (χ0n) is 10.4. The van der Waals surface area contributed by atoms with Crippen molar-refractivity contribution in [3.8, 4) is 28.5 Å². The van der Waals surface area contributed by atoms with Gasteiger partial charge in [-0.05, 0) is 0 Å². The van der Waals surface area contributed by atoms with Gasteiger partial charge in [0.2, 0.25) is 5.43 Å². The predicted octanol–water partition coefficient (Wildman–Crippen LogP) is 0.821. The molecule has 20 heavy (non-hydrogen) atoms. The van der Waals surface area contributed by atoms with Crippen molar-refractivity contribution in [3.63, 3.8) is 0 Å². The Balaban J connectivity index is 1.99. The maximum atomic E-state index is 11.6. The van der Waals surface area contributed by atoms with Gasteiger partial charge in [-0.25, -0.2) is 4.98 Å². The van der Waals surface area contributed by atoms with Crippen LogP contribution in [-0.2, 0) is 13.1 Å². The summed E-state index contributed by atoms with van der Waals surface area (Å²) in [5, 5.41) is 16.7. The number of H-pyrrole nitrogens is 1. The van der Waals surface area contributed by atoms with E-state index in [0.717, 1.165) is 17.8 Å². The van der Waals surface area contributed by atoms with E-state index < -0.39 is 5.43 Å². The number of aryl methyl sites for hydroxylation is 1. The molecule has 4 rings (SSSR count). The summed E-state index contributed by atoms with van der Waals surface area (Å²) >= 11 is 0. The first-order chi connectivity index (χ1) is 9.75. The van der Waals surface area contributed by atoms with Gasteiger partial charge < -0.3 is 14.2 Å². The van der Waals surface area contributed by atoms with E-state index in [0.29, 0.717) is 18.1 Å². The maximum absolute atomic E-state index is 11.6. The van der Waals surface area contributed by atoms with E-state index in [1.54, 1.807) is 24.8 Å². The van der Waals surface area contributed by atoms with Crippen LogP contribution in [0, 0.1) is 0 Å². The highest BCUT2D eigenvalue weighted by molar-refractivity contribution is 5.67. The molecule has 0 unspecified atom stereocenters. The second-order valence-corrected chi connectivity index (χ2v) is 4.68. The van der Waals surface area contributed by atoms with E-state index in [2.05, 4.69) is 15.2 Å². The molecule has 0 aromatic carbocycles. The number of aromatic nitrogens is 5. The molecule has 0 atom stereocenters. The third-order valence-electron chi connectivity index (χ3n) is 3.58. The van der Waals surface area contributed by atoms with Crippen molar-refractivity contribution < 1.29 is 5.11 Å². The Morgan fingerprint density at radius 2 is 2.20 bits per heavy atom. The van der Waals surface area contributed by atoms with Crippen molar-refractivity contribution in [1.82, 2.24) is 24.3 Å². The van der Waals surface area contributed by atoms with Gasteiger partial charge in [-0.15, -0.1) is 0 Å². The van der Waals surface area contributed by atoms with Crippen LogP contribution in [0.15, 0.2) is 35.6 Å². The lowest BCUT2D eigenvalue weighted by atomic mass is 10.2. The SMILES string of the molecule is O=c1ccn2c(c1O)-c1ncc(-c3cn[nH]c3)n1CC2. The van der Waals surface area contributed by atoms with E-state index >= 15 is 0 Å². The first-order valence-electron chi connectivity index (χ1n) is 6.23. The fourth-order valence-corrected chi connectivity index (χ4v) is 2.60. The monoisotopic (exact) mass is 269 g/mol. The molecular weight excluding hydrogens is 258 g/mol. The quantitative estimate of drug-likeness (QED) is 0.684. The molecule has 1 aliphatic heterocycles. The van der Waals surface area contributed by atoms with Crippen LogP contribution in [0.3, 0.4) is 0 Å². The number of imidazole rings is 1. The lowest BCUT2D eigenvalue weighted by Crippen LogP contribution is -2.20. The summed E-state index contributed by atoms with van der Waals surface area (Å²) in [5.41, 5.74) is 1.92. The molecule has 0 spiro atoms. The van der Waals surface area contributed by atoms with E-state index in [9.17, 15) is 9.90 Å². The van der Waals surface area contributed by atoms with E-state index in [1.165, 1.54) is 6.07 Å². The molecule has 0 saturated carbocycles. The Labute approximate surface area is 113 Å². The van der Waals surface area contributed by atoms with Gasteiger partial charge in [0.15, 0.2) is 11.6 Å². The first-order valence-corrected chi connectivity index (χ1v) is 6.23. The largest absolute Gasteiger partial charge is 0.503 e. The van der Waals surface area contributed by atoms with Gasteiger partial charge in [0.1, 0.15) is 5.69 Å². The summed E-state index contributed by atoms with van der Waals surface area (Å²) in [7, 11) is 0. The highest BCUT2D eigenvalue weighted by Crippen LogP contribution is 2.32. The lowest BCUT2D eigenvalue weighted by Gasteiger charge is -2.22. The van der Waals surface area contributed by atoms with Crippen molar-refractivity contribution in [1.29, 1.82) is 0 Å². The number of hydrogen-bond acceptors (Lipinski definition) is 4. The molecule has 0 amide bonds. The van der Waals surface area contributed by atoms with Crippen molar-refractivity contribution in [2.24, 2.45) is 0 Å². The second kappa shape index (κ2) is 3.83. The number of pyridine rings is 1. The zero-order valence-corrected chi connectivity index (χ0v) is 10.4. The Morgan fingerprint density at radius 1 is 1.30 bits per heavy atom. The molecule has 3 aromatic rings. The summed E-state index contributed by atoms with van der Waals surface area (Å²) in [6.45, 7) is 1.41. The molecule has 7 nitrogen and oxygen atoms in total. The van der Waals surface area contributed by atoms with Crippen molar-refractivity contribution in [2.75, 3.05) is 0 Å². The maximum Gasteiger partial charge on any atom is 0.223 e. The summed E-state index contributed by atoms with van der Waals surface area (Å²) in [4.78, 5) is 16.0. The molecular formula is C13H11N5O2. The average molecular weight is 269 g/mol. The number of rotatable bonds is 1. The van der Waals surface area contributed by atoms with Gasteiger partial charge in [-0.1, -0.05) is 0 Å². The van der Waals surface area contributed by atoms with Crippen LogP contribution in [0.25, 0.3) is 22.8 Å². The van der Waals surface area contributed by atoms with Gasteiger partial charge in [-0.2, -0.15) is 5.10 Å². The second-order valence-electron chi connectivity index (χ2n) is 4.68. The van der Waals surface area contributed by atoms with Gasteiger partial charge in [0, 0.05) is 37.1 Å². The minimum Gasteiger partial charge on any atom is -0.503 e. The molecule has 7 heteroatoms. The van der Waals surface area contributed by atoms with Gasteiger partial charge in [-0.3, -0.25) is 9.89 Å². The summed E-state index contributed by atoms with van der Waals surface area (Å²) in [5.74, 6) is 0.348. The first kappa shape index (κ1) is 11.0. The molecule has 0 radical (unpaired) electrons. The molecule has 2 N–H and O–H groups in total. The van der Waals surface area contributed by atoms with Gasteiger partial charge in [0.25, 0.3) is 0 Å². The smallest absolute Gasteiger partial charge is 0.223 e. The number of aromatic amines is 1. The Bertz CT molecular complexity index is 844. The van der Waals surface area contributed by atoms with Crippen molar-refractivity contribution in [3.05, 3.63) is 41.1 Å². The Hall–Kier alpha value is -2.83. The third-order valence-corrected chi connectivity index (χ3v) is 3.58. The standard InChI is InChI=1S/C13H11N5O2/c19-10-1-2-17-3-4-18-9(8-5-15-16-6-8)7-14-13(18)11(17)12(10)20/h1-2,5-7,20H,3-4H2,(H,15,16). The Morgan fingerprint density at radius 3 is 3.00 bits per heavy atom. The summed E-state index contributed by atoms with van der Waals surface area (Å²) in [6.07, 6.45) is 6.92. The number of hydrogen-bond donors (Lipinski definition) is 2. The van der Waals surface area contributed by atoms with Gasteiger partial charge >= 0.3 is 0 Å². The fraction of sp³-hybridized carbons (Fsp3) is 0.154. The molecule has 0 fully saturated rings. The van der Waals surface area contributed by atoms with E-state index in [-0.39, 0.29) is 5.75 Å². The molecule has 4 heterocycles. The van der Waals surface area contributed by atoms with Crippen LogP contribution < -0.4 is 5.43 Å². The van der Waals surface area contributed by atoms with Crippen LogP contribution in [0.4, 0.5) is 0 Å². The molecule has 0 saturated heterocycles. The molecule has 3 aromatic heterocycles. The predicted molar refractivity (Wildman–Crippen MR) is 71.2 cm³/mol. The third kappa shape index (κ3) is 1.37. The number of nitrogens with one attached hydrogen (secondary N) is 1. The van der Waals surface area contributed by atoms with E-state index in [4.69, 9.17) is 0 Å². The normalized spacial score (nSPS) is 13.0. The summed E-state index contributed by atoms with van der Waals surface area (Å²) in [6, 6.07) is 1.37. The minimum absolute atomic E-state index is 0.252. The van der Waals surface area contributed by atoms with E-state index in [1.807, 2.05) is 9.13 Å². The van der Waals surface area contributed by atoms with Crippen molar-refractivity contribution in [2.45, 2.75) is 13.1 Å². The van der Waals surface area contributed by atoms with Crippen molar-refractivity contribution >= 4 is 0 Å². The highest BCUT2D eigenvalue weighted by Gasteiger charge is 2.24. The van der Waals surface area contributed by atoms with Crippen LogP contribution in [0.1, 0.15) is 0 Å². The molecule has 0 aliphatic carbocycles. The highest BCUT2D eigenvalue weighted by atomic mass is 16.3. The Kier molecular flexibility index (Phi) is 2.11. The van der Waals surface area contributed by atoms with Crippen LogP contribution in [0.2, 0.25) is 0 Å². The van der Waals surface area contributed by atoms with Gasteiger partial charge in [0.05, 0.1) is 18.1 Å². The van der Waals surface area contributed by atoms with Crippen LogP contribution in [0.5, 0.6) is 5.75 Å². The number of fused-ring (bicyclic) bond motifs is 3. The topological polar surface area (TPSA) is 88.7 Å². The summed E-state index contributed by atoms with van der Waals surface area (Å²) < 4.78 is 3.83. The average Bonchev–Trinajstić information content (AvgIpc) is 3.10. The minimum atomic E-state index is -0.391. The molecule has 0 bridgehead atoms. The molecule has 100 valence electrons. The number of aromatic hydroxyl groups is 1. The fourth-order valence-electron chi connectivity index (χ4n) is 2.60. The zero-order chi connectivity index (χ0) is 13.7. The number of nitrogens with zero attached hydrogens (tertiary/aromatic N) is 4. The van der Waals surface area contributed by atoms with Crippen LogP contribution >= 0.6 is 0 Å².